The van der Waals surface area contributed by atoms with Gasteiger partial charge in [0, 0.05) is 10.0 Å². The van der Waals surface area contributed by atoms with Gasteiger partial charge in [-0.25, -0.2) is 4.39 Å². The van der Waals surface area contributed by atoms with E-state index in [1.165, 1.54) is 12.1 Å². The molecule has 1 heterocycles. The van der Waals surface area contributed by atoms with Crippen LogP contribution in [0.3, 0.4) is 0 Å². The van der Waals surface area contributed by atoms with Crippen molar-refractivity contribution in [3.05, 3.63) is 57.1 Å². The molecule has 0 fully saturated rings. The maximum atomic E-state index is 13.8. The second-order valence-electron chi connectivity index (χ2n) is 4.15. The van der Waals surface area contributed by atoms with Crippen LogP contribution in [-0.2, 0) is 6.42 Å². The summed E-state index contributed by atoms with van der Waals surface area (Å²) in [7, 11) is 0. The monoisotopic (exact) mass is 322 g/mol. The van der Waals surface area contributed by atoms with Crippen molar-refractivity contribution >= 4 is 21.7 Å². The van der Waals surface area contributed by atoms with Crippen molar-refractivity contribution in [1.29, 1.82) is 0 Å². The molecule has 0 unspecified atom stereocenters. The number of ketones is 1. The molecule has 0 atom stereocenters. The first-order valence-electron chi connectivity index (χ1n) is 5.86. The molecule has 0 N–H and O–H groups in total. The second-order valence-corrected chi connectivity index (χ2v) is 5.07. The summed E-state index contributed by atoms with van der Waals surface area (Å²) in [6.45, 7) is 3.63. The van der Waals surface area contributed by atoms with Crippen LogP contribution in [0.15, 0.2) is 28.7 Å². The van der Waals surface area contributed by atoms with E-state index in [1.54, 1.807) is 19.1 Å². The normalized spacial score (nSPS) is 10.5. The lowest BCUT2D eigenvalue weighted by molar-refractivity contribution is 0.103. The summed E-state index contributed by atoms with van der Waals surface area (Å²) < 4.78 is 14.4. The predicted octanol–water partition coefficient (Wildman–Crippen LogP) is 3.48. The van der Waals surface area contributed by atoms with Crippen LogP contribution in [0, 0.1) is 12.7 Å². The van der Waals surface area contributed by atoms with Gasteiger partial charge in [0.15, 0.2) is 5.78 Å². The number of aryl methyl sites for hydroxylation is 2. The largest absolute Gasteiger partial charge is 0.288 e. The number of carbonyl (C=O) groups is 1. The third-order valence-electron chi connectivity index (χ3n) is 2.75. The molecule has 0 radical (unpaired) electrons. The van der Waals surface area contributed by atoms with Gasteiger partial charge in [0.25, 0.3) is 0 Å². The fourth-order valence-corrected chi connectivity index (χ4v) is 2.15. The number of hydrogen-bond donors (Lipinski definition) is 0. The summed E-state index contributed by atoms with van der Waals surface area (Å²) in [4.78, 5) is 12.4. The Balaban J connectivity index is 2.55. The van der Waals surface area contributed by atoms with Crippen LogP contribution < -0.4 is 0 Å². The Hall–Kier alpha value is -1.62. The summed E-state index contributed by atoms with van der Waals surface area (Å²) in [6.07, 6.45) is 0.573. The highest BCUT2D eigenvalue weighted by molar-refractivity contribution is 9.10. The fourth-order valence-electron chi connectivity index (χ4n) is 1.79. The summed E-state index contributed by atoms with van der Waals surface area (Å²) in [6, 6.07) is 5.95. The van der Waals surface area contributed by atoms with E-state index in [-0.39, 0.29) is 11.3 Å². The SMILES string of the molecule is CCc1nnc(C)cc1C(=O)c1cc(Br)ccc1F. The summed E-state index contributed by atoms with van der Waals surface area (Å²) in [5, 5.41) is 7.91. The van der Waals surface area contributed by atoms with Gasteiger partial charge in [0.2, 0.25) is 0 Å². The van der Waals surface area contributed by atoms with Crippen molar-refractivity contribution in [2.75, 3.05) is 0 Å². The third kappa shape index (κ3) is 2.87. The molecule has 0 saturated carbocycles. The highest BCUT2D eigenvalue weighted by Gasteiger charge is 2.18. The maximum absolute atomic E-state index is 13.8. The van der Waals surface area contributed by atoms with Crippen molar-refractivity contribution in [3.8, 4) is 0 Å². The molecule has 2 rings (SSSR count). The van der Waals surface area contributed by atoms with Crippen LogP contribution in [-0.4, -0.2) is 16.0 Å². The minimum atomic E-state index is -0.537. The van der Waals surface area contributed by atoms with Crippen LogP contribution in [0.4, 0.5) is 4.39 Å². The van der Waals surface area contributed by atoms with Crippen LogP contribution in [0.25, 0.3) is 0 Å². The number of nitrogens with zero attached hydrogens (tertiary/aromatic N) is 2. The molecule has 3 nitrogen and oxygen atoms in total. The number of aromatic nitrogens is 2. The minimum Gasteiger partial charge on any atom is -0.288 e. The Labute approximate surface area is 119 Å². The van der Waals surface area contributed by atoms with E-state index < -0.39 is 5.82 Å². The highest BCUT2D eigenvalue weighted by atomic mass is 79.9. The first kappa shape index (κ1) is 13.8. The molecule has 19 heavy (non-hydrogen) atoms. The zero-order chi connectivity index (χ0) is 14.0. The lowest BCUT2D eigenvalue weighted by Crippen LogP contribution is -2.10. The maximum Gasteiger partial charge on any atom is 0.197 e. The zero-order valence-electron chi connectivity index (χ0n) is 10.6. The number of carbonyl (C=O) groups excluding carboxylic acids is 1. The molecule has 0 amide bonds. The Morgan fingerprint density at radius 3 is 2.68 bits per heavy atom. The van der Waals surface area contributed by atoms with E-state index in [0.717, 1.165) is 0 Å². The van der Waals surface area contributed by atoms with Crippen LogP contribution in [0.2, 0.25) is 0 Å². The average molecular weight is 323 g/mol. The Kier molecular flexibility index (Phi) is 4.04. The van der Waals surface area contributed by atoms with Crippen LogP contribution in [0.1, 0.15) is 34.2 Å². The average Bonchev–Trinajstić information content (AvgIpc) is 2.40. The fraction of sp³-hybridized carbons (Fsp3) is 0.214. The van der Waals surface area contributed by atoms with E-state index in [9.17, 15) is 9.18 Å². The lowest BCUT2D eigenvalue weighted by Gasteiger charge is -2.07. The second kappa shape index (κ2) is 5.57. The number of halogens is 2. The van der Waals surface area contributed by atoms with E-state index in [4.69, 9.17) is 0 Å². The van der Waals surface area contributed by atoms with Crippen molar-refractivity contribution in [2.24, 2.45) is 0 Å². The van der Waals surface area contributed by atoms with Gasteiger partial charge in [-0.1, -0.05) is 22.9 Å². The Morgan fingerprint density at radius 1 is 1.26 bits per heavy atom. The molecule has 0 bridgehead atoms. The molecule has 0 spiro atoms. The quantitative estimate of drug-likeness (QED) is 0.812. The Bertz CT molecular complexity index is 643. The van der Waals surface area contributed by atoms with Crippen molar-refractivity contribution in [3.63, 3.8) is 0 Å². The first-order chi connectivity index (χ1) is 9.02. The van der Waals surface area contributed by atoms with Gasteiger partial charge in [-0.15, -0.1) is 0 Å². The summed E-state index contributed by atoms with van der Waals surface area (Å²) >= 11 is 3.24. The van der Waals surface area contributed by atoms with E-state index in [0.29, 0.717) is 27.8 Å². The van der Waals surface area contributed by atoms with Crippen LogP contribution >= 0.6 is 15.9 Å². The van der Waals surface area contributed by atoms with Gasteiger partial charge in [0.1, 0.15) is 5.82 Å². The van der Waals surface area contributed by atoms with Gasteiger partial charge in [-0.3, -0.25) is 4.79 Å². The summed E-state index contributed by atoms with van der Waals surface area (Å²) in [5.41, 5.74) is 1.66. The minimum absolute atomic E-state index is 0.0384. The molecule has 2 aromatic rings. The number of rotatable bonds is 3. The number of hydrogen-bond acceptors (Lipinski definition) is 3. The topological polar surface area (TPSA) is 42.9 Å². The van der Waals surface area contributed by atoms with Crippen molar-refractivity contribution in [1.82, 2.24) is 10.2 Å². The number of benzene rings is 1. The Morgan fingerprint density at radius 2 is 2.00 bits per heavy atom. The van der Waals surface area contributed by atoms with E-state index >= 15 is 0 Å². The predicted molar refractivity (Wildman–Crippen MR) is 73.7 cm³/mol. The molecule has 5 heteroatoms. The molecule has 98 valence electrons. The van der Waals surface area contributed by atoms with E-state index in [1.807, 2.05) is 6.92 Å². The molecule has 0 aliphatic rings. The molecule has 1 aromatic carbocycles. The van der Waals surface area contributed by atoms with Gasteiger partial charge in [0.05, 0.1) is 17.0 Å². The molecule has 1 aromatic heterocycles. The van der Waals surface area contributed by atoms with E-state index in [2.05, 4.69) is 26.1 Å². The standard InChI is InChI=1S/C14H12BrFN2O/c1-3-13-11(6-8(2)17-18-13)14(19)10-7-9(15)4-5-12(10)16/h4-7H,3H2,1-2H3. The molecular formula is C14H12BrFN2O. The molecule has 0 aliphatic carbocycles. The smallest absolute Gasteiger partial charge is 0.197 e. The third-order valence-corrected chi connectivity index (χ3v) is 3.24. The molecule has 0 saturated heterocycles. The first-order valence-corrected chi connectivity index (χ1v) is 6.65. The van der Waals surface area contributed by atoms with Crippen molar-refractivity contribution in [2.45, 2.75) is 20.3 Å². The molecule has 0 aliphatic heterocycles. The lowest BCUT2D eigenvalue weighted by atomic mass is 10.0. The van der Waals surface area contributed by atoms with Crippen LogP contribution in [0.5, 0.6) is 0 Å². The highest BCUT2D eigenvalue weighted by Crippen LogP contribution is 2.20. The van der Waals surface area contributed by atoms with Gasteiger partial charge < -0.3 is 0 Å². The van der Waals surface area contributed by atoms with Gasteiger partial charge >= 0.3 is 0 Å². The van der Waals surface area contributed by atoms with Gasteiger partial charge in [-0.2, -0.15) is 10.2 Å². The zero-order valence-corrected chi connectivity index (χ0v) is 12.2. The van der Waals surface area contributed by atoms with Crippen molar-refractivity contribution < 1.29 is 9.18 Å². The molecular weight excluding hydrogens is 311 g/mol. The van der Waals surface area contributed by atoms with Gasteiger partial charge in [-0.05, 0) is 37.6 Å². The summed E-state index contributed by atoms with van der Waals surface area (Å²) in [5.74, 6) is -0.904.